The van der Waals surface area contributed by atoms with Gasteiger partial charge >= 0.3 is 0 Å². The molecule has 0 spiro atoms. The number of nitrogens with zero attached hydrogens (tertiary/aromatic N) is 3. The molecule has 2 heterocycles. The van der Waals surface area contributed by atoms with Crippen molar-refractivity contribution in [3.05, 3.63) is 89.0 Å². The summed E-state index contributed by atoms with van der Waals surface area (Å²) < 4.78 is 1.51. The second-order valence-electron chi connectivity index (χ2n) is 8.40. The van der Waals surface area contributed by atoms with Crippen LogP contribution in [0.5, 0.6) is 0 Å². The number of aromatic nitrogens is 3. The maximum atomic E-state index is 13.2. The molecule has 0 bridgehead atoms. The van der Waals surface area contributed by atoms with Crippen molar-refractivity contribution in [2.75, 3.05) is 11.1 Å². The highest BCUT2D eigenvalue weighted by molar-refractivity contribution is 7.99. The molecule has 1 amide bonds. The van der Waals surface area contributed by atoms with E-state index < -0.39 is 0 Å². The fourth-order valence-corrected chi connectivity index (χ4v) is 4.30. The minimum Gasteiger partial charge on any atom is -0.325 e. The average molecular weight is 445 g/mol. The minimum absolute atomic E-state index is 0.0995. The van der Waals surface area contributed by atoms with Crippen molar-refractivity contribution in [3.8, 4) is 5.69 Å². The van der Waals surface area contributed by atoms with E-state index >= 15 is 0 Å². The zero-order chi connectivity index (χ0) is 22.7. The summed E-state index contributed by atoms with van der Waals surface area (Å²) >= 11 is 1.22. The Morgan fingerprint density at radius 1 is 1.03 bits per heavy atom. The second kappa shape index (κ2) is 8.96. The number of carbonyl (C=O) groups is 1. The maximum absolute atomic E-state index is 13.2. The third-order valence-electron chi connectivity index (χ3n) is 4.99. The highest BCUT2D eigenvalue weighted by Gasteiger charge is 2.19. The molecule has 0 radical (unpaired) electrons. The van der Waals surface area contributed by atoms with Gasteiger partial charge < -0.3 is 5.32 Å². The van der Waals surface area contributed by atoms with E-state index in [2.05, 4.69) is 36.1 Å². The number of benzene rings is 2. The van der Waals surface area contributed by atoms with E-state index in [1.54, 1.807) is 36.7 Å². The van der Waals surface area contributed by atoms with Gasteiger partial charge in [0.2, 0.25) is 5.91 Å². The Balaban J connectivity index is 1.64. The molecule has 0 aliphatic carbocycles. The van der Waals surface area contributed by atoms with Crippen molar-refractivity contribution in [3.63, 3.8) is 0 Å². The fourth-order valence-electron chi connectivity index (χ4n) is 3.49. The summed E-state index contributed by atoms with van der Waals surface area (Å²) in [5.41, 5.74) is 2.77. The second-order valence-corrected chi connectivity index (χ2v) is 9.34. The van der Waals surface area contributed by atoms with Crippen molar-refractivity contribution in [2.45, 2.75) is 31.3 Å². The van der Waals surface area contributed by atoms with Crippen LogP contribution in [0.1, 0.15) is 26.3 Å². The summed E-state index contributed by atoms with van der Waals surface area (Å²) in [4.78, 5) is 34.8. The molecule has 1 N–H and O–H groups in total. The van der Waals surface area contributed by atoms with Crippen LogP contribution in [0.15, 0.2) is 83.0 Å². The first-order chi connectivity index (χ1) is 15.3. The molecule has 0 aliphatic rings. The van der Waals surface area contributed by atoms with Gasteiger partial charge in [-0.3, -0.25) is 19.1 Å². The summed E-state index contributed by atoms with van der Waals surface area (Å²) in [5.74, 6) is -0.0457. The van der Waals surface area contributed by atoms with Gasteiger partial charge in [0.05, 0.1) is 28.5 Å². The number of hydrogen-bond donors (Lipinski definition) is 1. The summed E-state index contributed by atoms with van der Waals surface area (Å²) in [5, 5.41) is 3.97. The Bertz CT molecular complexity index is 1330. The third-order valence-corrected chi connectivity index (χ3v) is 5.93. The largest absolute Gasteiger partial charge is 0.325 e. The lowest BCUT2D eigenvalue weighted by Gasteiger charge is -2.23. The number of rotatable bonds is 5. The zero-order valence-corrected chi connectivity index (χ0v) is 19.0. The molecule has 0 saturated heterocycles. The van der Waals surface area contributed by atoms with Gasteiger partial charge in [-0.15, -0.1) is 0 Å². The number of anilines is 1. The van der Waals surface area contributed by atoms with Gasteiger partial charge in [-0.2, -0.15) is 0 Å². The monoisotopic (exact) mass is 444 g/mol. The molecular weight excluding hydrogens is 420 g/mol. The fraction of sp³-hybridized carbons (Fsp3) is 0.200. The Morgan fingerprint density at radius 3 is 2.53 bits per heavy atom. The molecule has 0 aliphatic heterocycles. The van der Waals surface area contributed by atoms with E-state index in [0.717, 1.165) is 11.3 Å². The SMILES string of the molecule is CC(C)(C)c1ccccc1NC(=O)CSc1nc2ccccc2c(=O)n1-c1cccnc1. The Labute approximate surface area is 190 Å². The van der Waals surface area contributed by atoms with E-state index in [1.165, 1.54) is 16.3 Å². The summed E-state index contributed by atoms with van der Waals surface area (Å²) in [6, 6.07) is 18.6. The van der Waals surface area contributed by atoms with Gasteiger partial charge in [0.15, 0.2) is 5.16 Å². The van der Waals surface area contributed by atoms with Gasteiger partial charge in [-0.1, -0.05) is 62.9 Å². The van der Waals surface area contributed by atoms with Crippen LogP contribution >= 0.6 is 11.8 Å². The number of para-hydroxylation sites is 2. The first-order valence-electron chi connectivity index (χ1n) is 10.3. The lowest BCUT2D eigenvalue weighted by molar-refractivity contribution is -0.113. The molecule has 162 valence electrons. The smallest absolute Gasteiger partial charge is 0.266 e. The zero-order valence-electron chi connectivity index (χ0n) is 18.2. The van der Waals surface area contributed by atoms with Crippen molar-refractivity contribution < 1.29 is 4.79 Å². The number of pyridine rings is 1. The summed E-state index contributed by atoms with van der Waals surface area (Å²) in [6.45, 7) is 6.33. The van der Waals surface area contributed by atoms with Crippen LogP contribution in [-0.4, -0.2) is 26.2 Å². The molecule has 0 saturated carbocycles. The van der Waals surface area contributed by atoms with Crippen LogP contribution in [-0.2, 0) is 10.2 Å². The van der Waals surface area contributed by atoms with E-state index in [-0.39, 0.29) is 22.6 Å². The first-order valence-corrected chi connectivity index (χ1v) is 11.3. The molecule has 6 nitrogen and oxygen atoms in total. The number of fused-ring (bicyclic) bond motifs is 1. The molecule has 7 heteroatoms. The first kappa shape index (κ1) is 21.8. The standard InChI is InChI=1S/C25H24N4O2S/c1-25(2,3)19-11-5-7-13-21(19)27-22(30)16-32-24-28-20-12-6-4-10-18(20)23(31)29(24)17-9-8-14-26-15-17/h4-15H,16H2,1-3H3,(H,27,30). The van der Waals surface area contributed by atoms with E-state index in [9.17, 15) is 9.59 Å². The number of thioether (sulfide) groups is 1. The normalized spacial score (nSPS) is 11.5. The molecule has 2 aromatic heterocycles. The molecule has 2 aromatic carbocycles. The molecule has 4 aromatic rings. The molecular formula is C25H24N4O2S. The molecule has 4 rings (SSSR count). The molecule has 0 fully saturated rings. The van der Waals surface area contributed by atoms with Crippen LogP contribution in [0.4, 0.5) is 5.69 Å². The van der Waals surface area contributed by atoms with Gasteiger partial charge in [0, 0.05) is 11.9 Å². The Hall–Kier alpha value is -3.45. The van der Waals surface area contributed by atoms with Crippen LogP contribution < -0.4 is 10.9 Å². The predicted octanol–water partition coefficient (Wildman–Crippen LogP) is 4.81. The molecule has 0 unspecified atom stereocenters. The lowest BCUT2D eigenvalue weighted by Crippen LogP contribution is -2.23. The third kappa shape index (κ3) is 4.57. The quantitative estimate of drug-likeness (QED) is 0.353. The predicted molar refractivity (Wildman–Crippen MR) is 130 cm³/mol. The lowest BCUT2D eigenvalue weighted by atomic mass is 9.86. The van der Waals surface area contributed by atoms with Gasteiger partial charge in [-0.05, 0) is 41.3 Å². The van der Waals surface area contributed by atoms with E-state index in [0.29, 0.717) is 21.7 Å². The number of carbonyl (C=O) groups excluding carboxylic acids is 1. The summed E-state index contributed by atoms with van der Waals surface area (Å²) in [7, 11) is 0. The van der Waals surface area contributed by atoms with Crippen molar-refractivity contribution in [1.82, 2.24) is 14.5 Å². The van der Waals surface area contributed by atoms with Gasteiger partial charge in [-0.25, -0.2) is 4.98 Å². The number of amides is 1. The molecule has 32 heavy (non-hydrogen) atoms. The number of hydrogen-bond acceptors (Lipinski definition) is 5. The number of nitrogens with one attached hydrogen (secondary N) is 1. The van der Waals surface area contributed by atoms with Crippen LogP contribution in [0.25, 0.3) is 16.6 Å². The van der Waals surface area contributed by atoms with Crippen LogP contribution in [0, 0.1) is 0 Å². The van der Waals surface area contributed by atoms with E-state index in [1.807, 2.05) is 36.4 Å². The summed E-state index contributed by atoms with van der Waals surface area (Å²) in [6.07, 6.45) is 3.26. The van der Waals surface area contributed by atoms with Gasteiger partial charge in [0.25, 0.3) is 5.56 Å². The van der Waals surface area contributed by atoms with Crippen LogP contribution in [0.2, 0.25) is 0 Å². The Kier molecular flexibility index (Phi) is 6.10. The highest BCUT2D eigenvalue weighted by atomic mass is 32.2. The minimum atomic E-state index is -0.190. The van der Waals surface area contributed by atoms with Crippen molar-refractivity contribution in [1.29, 1.82) is 0 Å². The molecule has 0 atom stereocenters. The van der Waals surface area contributed by atoms with E-state index in [4.69, 9.17) is 0 Å². The van der Waals surface area contributed by atoms with Crippen molar-refractivity contribution >= 4 is 34.3 Å². The van der Waals surface area contributed by atoms with Gasteiger partial charge in [0.1, 0.15) is 0 Å². The Morgan fingerprint density at radius 2 is 1.78 bits per heavy atom. The van der Waals surface area contributed by atoms with Crippen molar-refractivity contribution in [2.24, 2.45) is 0 Å². The topological polar surface area (TPSA) is 76.9 Å². The highest BCUT2D eigenvalue weighted by Crippen LogP contribution is 2.29. The maximum Gasteiger partial charge on any atom is 0.266 e. The van der Waals surface area contributed by atoms with Crippen LogP contribution in [0.3, 0.4) is 0 Å². The average Bonchev–Trinajstić information content (AvgIpc) is 2.78.